The van der Waals surface area contributed by atoms with Gasteiger partial charge in [-0.2, -0.15) is 0 Å². The van der Waals surface area contributed by atoms with Crippen LogP contribution in [0, 0.1) is 11.6 Å². The van der Waals surface area contributed by atoms with E-state index < -0.39 is 11.6 Å². The van der Waals surface area contributed by atoms with E-state index >= 15 is 0 Å². The van der Waals surface area contributed by atoms with Gasteiger partial charge in [0.1, 0.15) is 11.6 Å². The molecule has 0 radical (unpaired) electrons. The van der Waals surface area contributed by atoms with Crippen molar-refractivity contribution in [3.63, 3.8) is 0 Å². The molecule has 0 saturated carbocycles. The van der Waals surface area contributed by atoms with Gasteiger partial charge in [0, 0.05) is 18.6 Å². The lowest BCUT2D eigenvalue weighted by Gasteiger charge is -2.07. The van der Waals surface area contributed by atoms with Crippen LogP contribution in [0.4, 0.5) is 8.78 Å². The van der Waals surface area contributed by atoms with E-state index in [4.69, 9.17) is 5.11 Å². The van der Waals surface area contributed by atoms with Crippen LogP contribution in [0.25, 0.3) is 0 Å². The van der Waals surface area contributed by atoms with Crippen LogP contribution in [0.1, 0.15) is 46.1 Å². The minimum atomic E-state index is -0.606. The van der Waals surface area contributed by atoms with Crippen LogP contribution in [0.5, 0.6) is 0 Å². The second-order valence-corrected chi connectivity index (χ2v) is 2.79. The minimum Gasteiger partial charge on any atom is -0.396 e. The van der Waals surface area contributed by atoms with Crippen LogP contribution in [0.2, 0.25) is 0 Å². The molecule has 0 amide bonds. The summed E-state index contributed by atoms with van der Waals surface area (Å²) < 4.78 is 25.2. The van der Waals surface area contributed by atoms with Gasteiger partial charge in [0.2, 0.25) is 0 Å². The van der Waals surface area contributed by atoms with E-state index in [-0.39, 0.29) is 12.5 Å². The zero-order valence-electron chi connectivity index (χ0n) is 10.7. The zero-order valence-corrected chi connectivity index (χ0v) is 10.7. The van der Waals surface area contributed by atoms with Crippen molar-refractivity contribution in [3.05, 3.63) is 35.4 Å². The zero-order chi connectivity index (χ0) is 13.1. The Morgan fingerprint density at radius 1 is 1.00 bits per heavy atom. The first-order chi connectivity index (χ1) is 7.63. The third kappa shape index (κ3) is 6.51. The maximum absolute atomic E-state index is 12.6. The fourth-order valence-electron chi connectivity index (χ4n) is 0.965. The molecule has 0 heterocycles. The van der Waals surface area contributed by atoms with Crippen molar-refractivity contribution in [3.8, 4) is 0 Å². The molecule has 0 fully saturated rings. The summed E-state index contributed by atoms with van der Waals surface area (Å²) in [5.74, 6) is -1.44. The molecule has 1 atom stereocenters. The van der Waals surface area contributed by atoms with E-state index in [1.807, 2.05) is 27.7 Å². The van der Waals surface area contributed by atoms with Gasteiger partial charge in [-0.15, -0.1) is 0 Å². The summed E-state index contributed by atoms with van der Waals surface area (Å²) in [4.78, 5) is 0. The molecule has 3 heteroatoms. The van der Waals surface area contributed by atoms with Crippen molar-refractivity contribution in [2.45, 2.75) is 40.5 Å². The number of aliphatic hydroxyl groups excluding tert-OH is 1. The van der Waals surface area contributed by atoms with Gasteiger partial charge in [0.15, 0.2) is 0 Å². The van der Waals surface area contributed by atoms with Crippen molar-refractivity contribution >= 4 is 0 Å². The molecule has 0 saturated heterocycles. The number of hydrogen-bond acceptors (Lipinski definition) is 1. The van der Waals surface area contributed by atoms with Gasteiger partial charge >= 0.3 is 0 Å². The molecule has 1 aromatic carbocycles. The second-order valence-electron chi connectivity index (χ2n) is 2.79. The topological polar surface area (TPSA) is 20.2 Å². The lowest BCUT2D eigenvalue weighted by molar-refractivity contribution is 0.272. The molecule has 0 spiro atoms. The Labute approximate surface area is 97.1 Å². The monoisotopic (exact) mass is 232 g/mol. The molecule has 0 aliphatic rings. The molecule has 0 bridgehead atoms. The van der Waals surface area contributed by atoms with E-state index in [9.17, 15) is 8.78 Å². The predicted octanol–water partition coefficient (Wildman–Crippen LogP) is 4.11. The number of aliphatic hydroxyl groups is 1. The van der Waals surface area contributed by atoms with Gasteiger partial charge < -0.3 is 5.11 Å². The SMILES string of the molecule is CC.CC.CC(CO)c1cc(F)cc(F)c1. The van der Waals surface area contributed by atoms with E-state index in [0.29, 0.717) is 5.56 Å². The largest absolute Gasteiger partial charge is 0.396 e. The van der Waals surface area contributed by atoms with Crippen LogP contribution in [-0.4, -0.2) is 11.7 Å². The van der Waals surface area contributed by atoms with Crippen molar-refractivity contribution < 1.29 is 13.9 Å². The van der Waals surface area contributed by atoms with Gasteiger partial charge in [-0.1, -0.05) is 34.6 Å². The molecular formula is C13H22F2O. The first-order valence-corrected chi connectivity index (χ1v) is 5.70. The van der Waals surface area contributed by atoms with Crippen molar-refractivity contribution in [1.82, 2.24) is 0 Å². The lowest BCUT2D eigenvalue weighted by atomic mass is 10.0. The highest BCUT2D eigenvalue weighted by Crippen LogP contribution is 2.16. The Bertz CT molecular complexity index is 254. The first kappa shape index (κ1) is 17.4. The Hall–Kier alpha value is -0.960. The van der Waals surface area contributed by atoms with Crippen molar-refractivity contribution in [2.75, 3.05) is 6.61 Å². The highest BCUT2D eigenvalue weighted by molar-refractivity contribution is 5.21. The molecule has 1 aromatic rings. The minimum absolute atomic E-state index is 0.108. The Balaban J connectivity index is 0. The average molecular weight is 232 g/mol. The molecule has 1 unspecified atom stereocenters. The highest BCUT2D eigenvalue weighted by atomic mass is 19.1. The summed E-state index contributed by atoms with van der Waals surface area (Å²) in [6.45, 7) is 9.59. The summed E-state index contributed by atoms with van der Waals surface area (Å²) >= 11 is 0. The predicted molar refractivity (Wildman–Crippen MR) is 64.6 cm³/mol. The standard InChI is InChI=1S/C9H10F2O.2C2H6/c1-6(5-12)7-2-8(10)4-9(11)3-7;2*1-2/h2-4,6,12H,5H2,1H3;2*1-2H3. The maximum Gasteiger partial charge on any atom is 0.126 e. The number of halogens is 2. The smallest absolute Gasteiger partial charge is 0.126 e. The average Bonchev–Trinajstić information content (AvgIpc) is 2.32. The molecule has 16 heavy (non-hydrogen) atoms. The third-order valence-corrected chi connectivity index (χ3v) is 1.73. The quantitative estimate of drug-likeness (QED) is 0.813. The molecular weight excluding hydrogens is 210 g/mol. The van der Waals surface area contributed by atoms with Gasteiger partial charge in [-0.3, -0.25) is 0 Å². The summed E-state index contributed by atoms with van der Waals surface area (Å²) in [5.41, 5.74) is 0.481. The summed E-state index contributed by atoms with van der Waals surface area (Å²) in [6, 6.07) is 3.27. The molecule has 1 N–H and O–H groups in total. The van der Waals surface area contributed by atoms with Crippen molar-refractivity contribution in [1.29, 1.82) is 0 Å². The molecule has 0 aliphatic heterocycles. The maximum atomic E-state index is 12.6. The summed E-state index contributed by atoms with van der Waals surface area (Å²) in [7, 11) is 0. The summed E-state index contributed by atoms with van der Waals surface area (Å²) in [6.07, 6.45) is 0. The fourth-order valence-corrected chi connectivity index (χ4v) is 0.965. The second kappa shape index (κ2) is 10.6. The lowest BCUT2D eigenvalue weighted by Crippen LogP contribution is -1.99. The van der Waals surface area contributed by atoms with Gasteiger partial charge in [0.05, 0.1) is 0 Å². The normalized spacial score (nSPS) is 10.5. The van der Waals surface area contributed by atoms with E-state index in [1.165, 1.54) is 12.1 Å². The molecule has 0 aromatic heterocycles. The Morgan fingerprint density at radius 2 is 1.38 bits per heavy atom. The highest BCUT2D eigenvalue weighted by Gasteiger charge is 2.06. The van der Waals surface area contributed by atoms with E-state index in [2.05, 4.69) is 0 Å². The van der Waals surface area contributed by atoms with Gasteiger partial charge in [-0.25, -0.2) is 8.78 Å². The van der Waals surface area contributed by atoms with Crippen LogP contribution < -0.4 is 0 Å². The van der Waals surface area contributed by atoms with E-state index in [0.717, 1.165) is 6.07 Å². The molecule has 1 nitrogen and oxygen atoms in total. The third-order valence-electron chi connectivity index (χ3n) is 1.73. The Morgan fingerprint density at radius 3 is 1.69 bits per heavy atom. The fraction of sp³-hybridized carbons (Fsp3) is 0.538. The number of hydrogen-bond donors (Lipinski definition) is 1. The first-order valence-electron chi connectivity index (χ1n) is 5.70. The molecule has 0 aliphatic carbocycles. The van der Waals surface area contributed by atoms with E-state index in [1.54, 1.807) is 6.92 Å². The van der Waals surface area contributed by atoms with Gasteiger partial charge in [0.25, 0.3) is 0 Å². The number of rotatable bonds is 2. The molecule has 1 rings (SSSR count). The number of benzene rings is 1. The molecule has 94 valence electrons. The van der Waals surface area contributed by atoms with Crippen LogP contribution in [-0.2, 0) is 0 Å². The van der Waals surface area contributed by atoms with Crippen molar-refractivity contribution in [2.24, 2.45) is 0 Å². The van der Waals surface area contributed by atoms with Crippen LogP contribution in [0.3, 0.4) is 0 Å². The van der Waals surface area contributed by atoms with Crippen LogP contribution in [0.15, 0.2) is 18.2 Å². The Kier molecular flexibility index (Phi) is 11.5. The van der Waals surface area contributed by atoms with Crippen LogP contribution >= 0.6 is 0 Å². The summed E-state index contributed by atoms with van der Waals surface area (Å²) in [5, 5.41) is 8.73. The van der Waals surface area contributed by atoms with Gasteiger partial charge in [-0.05, 0) is 17.7 Å².